The predicted molar refractivity (Wildman–Crippen MR) is 96.8 cm³/mol. The Morgan fingerprint density at radius 2 is 1.88 bits per heavy atom. The number of nitrogens with zero attached hydrogens (tertiary/aromatic N) is 2. The van der Waals surface area contributed by atoms with Crippen LogP contribution in [0.15, 0.2) is 24.3 Å². The Balaban J connectivity index is 1.72. The fourth-order valence-corrected chi connectivity index (χ4v) is 4.04. The van der Waals surface area contributed by atoms with Gasteiger partial charge in [0.25, 0.3) is 0 Å². The van der Waals surface area contributed by atoms with Crippen molar-refractivity contribution in [1.29, 1.82) is 0 Å². The van der Waals surface area contributed by atoms with Crippen molar-refractivity contribution in [3.05, 3.63) is 46.2 Å². The number of ether oxygens (including phenoxy) is 2. The molecule has 1 aliphatic carbocycles. The van der Waals surface area contributed by atoms with Crippen molar-refractivity contribution < 1.29 is 14.3 Å². The van der Waals surface area contributed by atoms with Crippen LogP contribution in [0.2, 0.25) is 0 Å². The van der Waals surface area contributed by atoms with Crippen LogP contribution >= 0.6 is 11.3 Å². The summed E-state index contributed by atoms with van der Waals surface area (Å²) < 4.78 is 10.8. The van der Waals surface area contributed by atoms with E-state index in [9.17, 15) is 4.79 Å². The van der Waals surface area contributed by atoms with E-state index in [1.54, 1.807) is 25.3 Å². The van der Waals surface area contributed by atoms with Crippen molar-refractivity contribution in [2.24, 2.45) is 0 Å². The Morgan fingerprint density at radius 1 is 1.16 bits per heavy atom. The minimum atomic E-state index is -0.391. The molecule has 6 heteroatoms. The van der Waals surface area contributed by atoms with E-state index < -0.39 is 5.97 Å². The summed E-state index contributed by atoms with van der Waals surface area (Å²) in [6.45, 7) is 3.90. The highest BCUT2D eigenvalue weighted by Crippen LogP contribution is 2.40. The molecule has 0 spiro atoms. The number of fused-ring (bicyclic) bond motifs is 1. The van der Waals surface area contributed by atoms with Crippen molar-refractivity contribution >= 4 is 27.5 Å². The Hall–Kier alpha value is -2.47. The van der Waals surface area contributed by atoms with Crippen molar-refractivity contribution in [3.63, 3.8) is 0 Å². The molecule has 0 amide bonds. The van der Waals surface area contributed by atoms with Crippen LogP contribution in [0.4, 0.5) is 0 Å². The van der Waals surface area contributed by atoms with Gasteiger partial charge in [-0.3, -0.25) is 0 Å². The van der Waals surface area contributed by atoms with Gasteiger partial charge in [0.15, 0.2) is 11.5 Å². The average Bonchev–Trinajstić information content (AvgIpc) is 3.39. The van der Waals surface area contributed by atoms with E-state index in [-0.39, 0.29) is 0 Å². The number of esters is 1. The molecule has 1 aliphatic rings. The number of hydrogen-bond donors (Lipinski definition) is 0. The van der Waals surface area contributed by atoms with Gasteiger partial charge in [-0.1, -0.05) is 12.1 Å². The van der Waals surface area contributed by atoms with E-state index in [4.69, 9.17) is 9.47 Å². The molecule has 25 heavy (non-hydrogen) atoms. The molecule has 0 radical (unpaired) electrons. The Bertz CT molecular complexity index is 976. The van der Waals surface area contributed by atoms with Gasteiger partial charge in [0.2, 0.25) is 0 Å². The summed E-state index contributed by atoms with van der Waals surface area (Å²) in [5, 5.41) is 0.960. The van der Waals surface area contributed by atoms with Crippen molar-refractivity contribution in [2.45, 2.75) is 32.6 Å². The molecule has 0 aliphatic heterocycles. The van der Waals surface area contributed by atoms with Gasteiger partial charge in [-0.25, -0.2) is 14.8 Å². The van der Waals surface area contributed by atoms with Crippen molar-refractivity contribution in [3.8, 4) is 11.5 Å². The Labute approximate surface area is 149 Å². The topological polar surface area (TPSA) is 61.3 Å². The monoisotopic (exact) mass is 354 g/mol. The van der Waals surface area contributed by atoms with Crippen molar-refractivity contribution in [1.82, 2.24) is 9.97 Å². The zero-order chi connectivity index (χ0) is 17.6. The summed E-state index contributed by atoms with van der Waals surface area (Å²) in [6, 6.07) is 7.12. The molecule has 0 atom stereocenters. The van der Waals surface area contributed by atoms with Crippen LogP contribution in [0.1, 0.15) is 45.5 Å². The van der Waals surface area contributed by atoms with Crippen molar-refractivity contribution in [2.75, 3.05) is 7.11 Å². The van der Waals surface area contributed by atoms with Gasteiger partial charge in [-0.15, -0.1) is 11.3 Å². The third-order valence-electron chi connectivity index (χ3n) is 4.39. The molecular weight excluding hydrogens is 336 g/mol. The van der Waals surface area contributed by atoms with Gasteiger partial charge in [0, 0.05) is 11.3 Å². The molecule has 4 rings (SSSR count). The number of thiophene rings is 1. The van der Waals surface area contributed by atoms with Crippen LogP contribution in [0.5, 0.6) is 11.5 Å². The quantitative estimate of drug-likeness (QED) is 0.513. The predicted octanol–water partition coefficient (Wildman–Crippen LogP) is 4.41. The minimum Gasteiger partial charge on any atom is -0.493 e. The van der Waals surface area contributed by atoms with Crippen LogP contribution in [0.25, 0.3) is 10.2 Å². The molecule has 0 bridgehead atoms. The highest BCUT2D eigenvalue weighted by molar-refractivity contribution is 7.20. The first-order chi connectivity index (χ1) is 12.1. The van der Waals surface area contributed by atoms with Crippen LogP contribution in [0.3, 0.4) is 0 Å². The fraction of sp³-hybridized carbons (Fsp3) is 0.316. The number of methoxy groups -OCH3 is 1. The molecule has 1 fully saturated rings. The second-order valence-corrected chi connectivity index (χ2v) is 7.22. The summed E-state index contributed by atoms with van der Waals surface area (Å²) in [4.78, 5) is 23.4. The highest BCUT2D eigenvalue weighted by Gasteiger charge is 2.29. The number of carbonyl (C=O) groups is 1. The van der Waals surface area contributed by atoms with Crippen LogP contribution in [-0.4, -0.2) is 23.0 Å². The largest absolute Gasteiger partial charge is 0.493 e. The molecule has 128 valence electrons. The van der Waals surface area contributed by atoms with Gasteiger partial charge >= 0.3 is 5.97 Å². The maximum absolute atomic E-state index is 12.7. The zero-order valence-corrected chi connectivity index (χ0v) is 15.1. The normalized spacial score (nSPS) is 13.9. The van der Waals surface area contributed by atoms with Crippen LogP contribution < -0.4 is 9.47 Å². The Kier molecular flexibility index (Phi) is 3.92. The molecule has 2 heterocycles. The number of carbonyl (C=O) groups excluding carboxylic acids is 1. The lowest BCUT2D eigenvalue weighted by molar-refractivity contribution is 0.0734. The van der Waals surface area contributed by atoms with Gasteiger partial charge < -0.3 is 9.47 Å². The summed E-state index contributed by atoms with van der Waals surface area (Å²) >= 11 is 1.37. The summed E-state index contributed by atoms with van der Waals surface area (Å²) in [6.07, 6.45) is 2.30. The Morgan fingerprint density at radius 3 is 2.56 bits per heavy atom. The van der Waals surface area contributed by atoms with E-state index in [2.05, 4.69) is 9.97 Å². The third kappa shape index (κ3) is 2.87. The lowest BCUT2D eigenvalue weighted by Gasteiger charge is -2.08. The van der Waals surface area contributed by atoms with E-state index in [1.807, 2.05) is 19.9 Å². The third-order valence-corrected chi connectivity index (χ3v) is 5.55. The first-order valence-electron chi connectivity index (χ1n) is 8.21. The summed E-state index contributed by atoms with van der Waals surface area (Å²) in [7, 11) is 1.55. The smallest absolute Gasteiger partial charge is 0.354 e. The number of para-hydroxylation sites is 2. The number of benzene rings is 1. The second-order valence-electron chi connectivity index (χ2n) is 6.22. The lowest BCUT2D eigenvalue weighted by Crippen LogP contribution is -2.08. The maximum Gasteiger partial charge on any atom is 0.354 e. The molecule has 1 aromatic carbocycles. The van der Waals surface area contributed by atoms with E-state index in [1.165, 1.54) is 11.3 Å². The average molecular weight is 354 g/mol. The fourth-order valence-electron chi connectivity index (χ4n) is 2.93. The standard InChI is InChI=1S/C19H18N2O3S/c1-10-15-11(2)20-17(12-8-9-12)21-18(15)25-16(10)19(22)24-14-7-5-4-6-13(14)23-3/h4-7,12H,8-9H2,1-3H3. The lowest BCUT2D eigenvalue weighted by atomic mass is 10.1. The summed E-state index contributed by atoms with van der Waals surface area (Å²) in [5.74, 6) is 1.93. The number of aryl methyl sites for hydroxylation is 2. The molecule has 3 aromatic rings. The minimum absolute atomic E-state index is 0.391. The second kappa shape index (κ2) is 6.11. The first-order valence-corrected chi connectivity index (χ1v) is 9.03. The first kappa shape index (κ1) is 16.0. The number of hydrogen-bond acceptors (Lipinski definition) is 6. The molecule has 2 aromatic heterocycles. The van der Waals surface area contributed by atoms with Gasteiger partial charge in [0.1, 0.15) is 15.5 Å². The van der Waals surface area contributed by atoms with Crippen LogP contribution in [-0.2, 0) is 0 Å². The zero-order valence-electron chi connectivity index (χ0n) is 14.3. The van der Waals surface area contributed by atoms with Gasteiger partial charge in [0.05, 0.1) is 12.8 Å². The molecule has 0 unspecified atom stereocenters. The highest BCUT2D eigenvalue weighted by atomic mass is 32.1. The molecule has 0 N–H and O–H groups in total. The summed E-state index contributed by atoms with van der Waals surface area (Å²) in [5.41, 5.74) is 1.80. The molecule has 1 saturated carbocycles. The number of rotatable bonds is 4. The molecule has 0 saturated heterocycles. The van der Waals surface area contributed by atoms with E-state index >= 15 is 0 Å². The van der Waals surface area contributed by atoms with E-state index in [0.29, 0.717) is 22.3 Å². The van der Waals surface area contributed by atoms with E-state index in [0.717, 1.165) is 40.1 Å². The molecule has 5 nitrogen and oxygen atoms in total. The SMILES string of the molecule is COc1ccccc1OC(=O)c1sc2nc(C3CC3)nc(C)c2c1C. The van der Waals surface area contributed by atoms with Gasteiger partial charge in [-0.2, -0.15) is 0 Å². The maximum atomic E-state index is 12.7. The van der Waals surface area contributed by atoms with Gasteiger partial charge in [-0.05, 0) is 44.4 Å². The number of aromatic nitrogens is 2. The van der Waals surface area contributed by atoms with Crippen LogP contribution in [0, 0.1) is 13.8 Å². The molecular formula is C19H18N2O3S.